The summed E-state index contributed by atoms with van der Waals surface area (Å²) in [7, 11) is 2.19. The summed E-state index contributed by atoms with van der Waals surface area (Å²) in [4.78, 5) is 34.0. The van der Waals surface area contributed by atoms with Crippen molar-refractivity contribution in [3.63, 3.8) is 0 Å². The fourth-order valence-electron chi connectivity index (χ4n) is 4.39. The number of rotatable bonds is 10. The molecule has 0 aromatic rings. The molecular formula is C22H42N4O2. The maximum Gasteiger partial charge on any atom is 0.227 e. The number of carbonyl (C=O) groups is 2. The molecule has 0 aromatic heterocycles. The first-order valence-electron chi connectivity index (χ1n) is 11.5. The predicted molar refractivity (Wildman–Crippen MR) is 114 cm³/mol. The lowest BCUT2D eigenvalue weighted by molar-refractivity contribution is -0.140. The summed E-state index contributed by atoms with van der Waals surface area (Å²) < 4.78 is 0. The second kappa shape index (κ2) is 12.4. The zero-order chi connectivity index (χ0) is 20.4. The lowest BCUT2D eigenvalue weighted by Gasteiger charge is -2.34. The van der Waals surface area contributed by atoms with Gasteiger partial charge in [0, 0.05) is 58.8 Å². The lowest BCUT2D eigenvalue weighted by atomic mass is 9.96. The minimum Gasteiger partial charge on any atom is -0.343 e. The van der Waals surface area contributed by atoms with Crippen LogP contribution in [0, 0.1) is 5.92 Å². The lowest BCUT2D eigenvalue weighted by Crippen LogP contribution is -2.46. The number of nitrogens with zero attached hydrogens (tertiary/aromatic N) is 4. The van der Waals surface area contributed by atoms with Gasteiger partial charge in [0.2, 0.25) is 11.8 Å². The number of likely N-dealkylation sites (N-methyl/N-ethyl adjacent to an activating group) is 1. The molecule has 2 amide bonds. The first kappa shape index (κ1) is 23.1. The third-order valence-electron chi connectivity index (χ3n) is 6.41. The molecule has 6 heteroatoms. The van der Waals surface area contributed by atoms with Gasteiger partial charge in [0.25, 0.3) is 0 Å². The number of piperazine rings is 1. The van der Waals surface area contributed by atoms with E-state index in [-0.39, 0.29) is 17.7 Å². The summed E-state index contributed by atoms with van der Waals surface area (Å²) >= 11 is 0. The van der Waals surface area contributed by atoms with Gasteiger partial charge in [0.05, 0.1) is 5.92 Å². The van der Waals surface area contributed by atoms with Gasteiger partial charge in [-0.2, -0.15) is 0 Å². The molecular weight excluding hydrogens is 352 g/mol. The standard InChI is InChI=1S/C22H42N4O2/c1-4-25(5-2)22(28)20-11-10-14-26(19-20)21(27)12-8-6-7-9-13-24-17-15-23(3)16-18-24/h20H,4-19H2,1-3H3. The van der Waals surface area contributed by atoms with Gasteiger partial charge in [0.15, 0.2) is 0 Å². The van der Waals surface area contributed by atoms with Crippen LogP contribution in [0.5, 0.6) is 0 Å². The van der Waals surface area contributed by atoms with Crippen molar-refractivity contribution in [2.75, 3.05) is 66.0 Å². The normalized spacial score (nSPS) is 21.7. The van der Waals surface area contributed by atoms with Crippen LogP contribution in [0.4, 0.5) is 0 Å². The fraction of sp³-hybridized carbons (Fsp3) is 0.909. The molecule has 0 radical (unpaired) electrons. The number of amides is 2. The van der Waals surface area contributed by atoms with E-state index in [4.69, 9.17) is 0 Å². The Balaban J connectivity index is 1.58. The zero-order valence-electron chi connectivity index (χ0n) is 18.5. The van der Waals surface area contributed by atoms with Crippen molar-refractivity contribution >= 4 is 11.8 Å². The van der Waals surface area contributed by atoms with E-state index in [1.807, 2.05) is 23.6 Å². The second-order valence-corrected chi connectivity index (χ2v) is 8.50. The Morgan fingerprint density at radius 2 is 1.61 bits per heavy atom. The summed E-state index contributed by atoms with van der Waals surface area (Å²) in [6, 6.07) is 0. The van der Waals surface area contributed by atoms with E-state index in [0.29, 0.717) is 13.0 Å². The molecule has 2 aliphatic heterocycles. The Morgan fingerprint density at radius 1 is 0.929 bits per heavy atom. The average Bonchev–Trinajstić information content (AvgIpc) is 2.72. The largest absolute Gasteiger partial charge is 0.343 e. The SMILES string of the molecule is CCN(CC)C(=O)C1CCCN(C(=O)CCCCCCN2CCN(C)CC2)C1. The number of carbonyl (C=O) groups excluding carboxylic acids is 2. The van der Waals surface area contributed by atoms with Crippen molar-refractivity contribution in [2.24, 2.45) is 5.92 Å². The Morgan fingerprint density at radius 3 is 2.29 bits per heavy atom. The van der Waals surface area contributed by atoms with Crippen LogP contribution in [0.1, 0.15) is 58.8 Å². The van der Waals surface area contributed by atoms with Gasteiger partial charge in [-0.1, -0.05) is 12.8 Å². The Hall–Kier alpha value is -1.14. The van der Waals surface area contributed by atoms with Gasteiger partial charge in [-0.15, -0.1) is 0 Å². The molecule has 0 aliphatic carbocycles. The topological polar surface area (TPSA) is 47.1 Å². The van der Waals surface area contributed by atoms with E-state index in [0.717, 1.165) is 45.3 Å². The molecule has 1 atom stereocenters. The molecule has 0 spiro atoms. The van der Waals surface area contributed by atoms with E-state index >= 15 is 0 Å². The molecule has 0 aromatic carbocycles. The maximum atomic E-state index is 12.6. The molecule has 162 valence electrons. The van der Waals surface area contributed by atoms with Crippen LogP contribution in [0.2, 0.25) is 0 Å². The van der Waals surface area contributed by atoms with Crippen molar-refractivity contribution in [1.29, 1.82) is 0 Å². The van der Waals surface area contributed by atoms with Gasteiger partial charge in [-0.3, -0.25) is 9.59 Å². The second-order valence-electron chi connectivity index (χ2n) is 8.50. The summed E-state index contributed by atoms with van der Waals surface area (Å²) in [5.74, 6) is 0.476. The summed E-state index contributed by atoms with van der Waals surface area (Å²) in [5.41, 5.74) is 0. The highest BCUT2D eigenvalue weighted by molar-refractivity contribution is 5.81. The highest BCUT2D eigenvalue weighted by Crippen LogP contribution is 2.20. The maximum absolute atomic E-state index is 12.6. The van der Waals surface area contributed by atoms with Crippen LogP contribution < -0.4 is 0 Å². The van der Waals surface area contributed by atoms with Gasteiger partial charge in [-0.05, 0) is 53.1 Å². The predicted octanol–water partition coefficient (Wildman–Crippen LogP) is 2.29. The Labute approximate surface area is 172 Å². The van der Waals surface area contributed by atoms with Crippen molar-refractivity contribution in [3.8, 4) is 0 Å². The van der Waals surface area contributed by atoms with Crippen molar-refractivity contribution < 1.29 is 9.59 Å². The summed E-state index contributed by atoms with van der Waals surface area (Å²) in [6.07, 6.45) is 7.08. The smallest absolute Gasteiger partial charge is 0.227 e. The quantitative estimate of drug-likeness (QED) is 0.534. The van der Waals surface area contributed by atoms with E-state index in [2.05, 4.69) is 16.8 Å². The van der Waals surface area contributed by atoms with Crippen LogP contribution in [0.3, 0.4) is 0 Å². The third kappa shape index (κ3) is 7.36. The Kier molecular flexibility index (Phi) is 10.3. The first-order valence-corrected chi connectivity index (χ1v) is 11.5. The van der Waals surface area contributed by atoms with E-state index < -0.39 is 0 Å². The summed E-state index contributed by atoms with van der Waals surface area (Å²) in [6.45, 7) is 13.0. The van der Waals surface area contributed by atoms with Crippen molar-refractivity contribution in [1.82, 2.24) is 19.6 Å². The molecule has 1 unspecified atom stereocenters. The highest BCUT2D eigenvalue weighted by atomic mass is 16.2. The molecule has 28 heavy (non-hydrogen) atoms. The zero-order valence-corrected chi connectivity index (χ0v) is 18.5. The molecule has 0 bridgehead atoms. The first-order chi connectivity index (χ1) is 13.5. The number of hydrogen-bond acceptors (Lipinski definition) is 4. The fourth-order valence-corrected chi connectivity index (χ4v) is 4.39. The number of unbranched alkanes of at least 4 members (excludes halogenated alkanes) is 3. The molecule has 0 N–H and O–H groups in total. The van der Waals surface area contributed by atoms with E-state index in [9.17, 15) is 9.59 Å². The highest BCUT2D eigenvalue weighted by Gasteiger charge is 2.30. The molecule has 2 heterocycles. The van der Waals surface area contributed by atoms with Gasteiger partial charge < -0.3 is 19.6 Å². The van der Waals surface area contributed by atoms with Crippen LogP contribution in [0.15, 0.2) is 0 Å². The van der Waals surface area contributed by atoms with Gasteiger partial charge in [0.1, 0.15) is 0 Å². The van der Waals surface area contributed by atoms with Crippen LogP contribution >= 0.6 is 0 Å². The molecule has 2 rings (SSSR count). The van der Waals surface area contributed by atoms with E-state index in [1.165, 1.54) is 45.6 Å². The van der Waals surface area contributed by atoms with Crippen LogP contribution in [-0.4, -0.2) is 97.4 Å². The van der Waals surface area contributed by atoms with Crippen LogP contribution in [-0.2, 0) is 9.59 Å². The minimum absolute atomic E-state index is 0.00110. The van der Waals surface area contributed by atoms with Gasteiger partial charge in [-0.25, -0.2) is 0 Å². The molecule has 2 fully saturated rings. The van der Waals surface area contributed by atoms with Crippen molar-refractivity contribution in [3.05, 3.63) is 0 Å². The Bertz CT molecular complexity index is 473. The molecule has 2 aliphatic rings. The average molecular weight is 395 g/mol. The van der Waals surface area contributed by atoms with E-state index in [1.54, 1.807) is 0 Å². The minimum atomic E-state index is 0.00110. The number of hydrogen-bond donors (Lipinski definition) is 0. The molecule has 6 nitrogen and oxygen atoms in total. The van der Waals surface area contributed by atoms with Crippen LogP contribution in [0.25, 0.3) is 0 Å². The monoisotopic (exact) mass is 394 g/mol. The number of likely N-dealkylation sites (tertiary alicyclic amines) is 1. The third-order valence-corrected chi connectivity index (χ3v) is 6.41. The molecule has 2 saturated heterocycles. The van der Waals surface area contributed by atoms with Crippen molar-refractivity contribution in [2.45, 2.75) is 58.8 Å². The molecule has 0 saturated carbocycles. The van der Waals surface area contributed by atoms with Gasteiger partial charge >= 0.3 is 0 Å². The summed E-state index contributed by atoms with van der Waals surface area (Å²) in [5, 5.41) is 0. The number of piperidine rings is 1.